The number of carbonyl (C=O) groups is 2. The van der Waals surface area contributed by atoms with E-state index >= 15 is 0 Å². The number of pyridine rings is 1. The zero-order valence-electron chi connectivity index (χ0n) is 15.4. The van der Waals surface area contributed by atoms with Crippen LogP contribution < -0.4 is 16.0 Å². The van der Waals surface area contributed by atoms with Crippen molar-refractivity contribution in [2.75, 3.05) is 16.0 Å². The number of nitrogens with zero attached hydrogens (tertiary/aromatic N) is 2. The Labute approximate surface area is 161 Å². The Bertz CT molecular complexity index is 1010. The number of aryl methyl sites for hydroxylation is 2. The fourth-order valence-electron chi connectivity index (χ4n) is 2.36. The van der Waals surface area contributed by atoms with Crippen molar-refractivity contribution >= 4 is 35.2 Å². The Morgan fingerprint density at radius 2 is 1.93 bits per heavy atom. The number of anilines is 3. The molecule has 0 unspecified atom stereocenters. The van der Waals surface area contributed by atoms with Gasteiger partial charge in [-0.2, -0.15) is 0 Å². The number of hydrogen-bond acceptors (Lipinski definition) is 5. The molecule has 2 aromatic heterocycles. The molecule has 8 heteroatoms. The van der Waals surface area contributed by atoms with Crippen molar-refractivity contribution in [3.05, 3.63) is 71.8 Å². The van der Waals surface area contributed by atoms with Crippen molar-refractivity contribution in [3.8, 4) is 0 Å². The molecule has 3 amide bonds. The number of aromatic nitrogens is 2. The molecule has 0 aliphatic rings. The second-order valence-electron chi connectivity index (χ2n) is 6.04. The lowest BCUT2D eigenvalue weighted by atomic mass is 10.1. The average Bonchev–Trinajstić information content (AvgIpc) is 3.08. The summed E-state index contributed by atoms with van der Waals surface area (Å²) in [6.45, 7) is 3.59. The van der Waals surface area contributed by atoms with Crippen LogP contribution in [0.25, 0.3) is 6.08 Å². The summed E-state index contributed by atoms with van der Waals surface area (Å²) >= 11 is 0. The highest BCUT2D eigenvalue weighted by Gasteiger charge is 2.08. The maximum atomic E-state index is 12.2. The molecule has 0 fully saturated rings. The van der Waals surface area contributed by atoms with E-state index in [1.165, 1.54) is 6.08 Å². The Kier molecular flexibility index (Phi) is 5.81. The molecule has 142 valence electrons. The van der Waals surface area contributed by atoms with E-state index < -0.39 is 6.03 Å². The molecule has 0 saturated carbocycles. The third-order valence-corrected chi connectivity index (χ3v) is 3.73. The first-order valence-corrected chi connectivity index (χ1v) is 8.51. The summed E-state index contributed by atoms with van der Waals surface area (Å²) < 4.78 is 4.90. The lowest BCUT2D eigenvalue weighted by Crippen LogP contribution is -2.19. The SMILES string of the molecule is Cc1cc(NC(=O)Nc2ccc(C)c(NC(=O)/C=C/c3cccnc3)c2)no1. The van der Waals surface area contributed by atoms with Crippen LogP contribution in [0, 0.1) is 13.8 Å². The van der Waals surface area contributed by atoms with Crippen molar-refractivity contribution in [3.63, 3.8) is 0 Å². The Balaban J connectivity index is 1.63. The summed E-state index contributed by atoms with van der Waals surface area (Å²) in [5.41, 5.74) is 2.80. The molecule has 3 aromatic rings. The van der Waals surface area contributed by atoms with Gasteiger partial charge in [-0.1, -0.05) is 17.3 Å². The minimum atomic E-state index is -0.467. The molecule has 0 bridgehead atoms. The van der Waals surface area contributed by atoms with Crippen molar-refractivity contribution < 1.29 is 14.1 Å². The van der Waals surface area contributed by atoms with E-state index in [1.54, 1.807) is 55.7 Å². The average molecular weight is 377 g/mol. The molecular formula is C20H19N5O3. The Morgan fingerprint density at radius 3 is 2.64 bits per heavy atom. The first-order valence-electron chi connectivity index (χ1n) is 8.51. The molecule has 0 atom stereocenters. The van der Waals surface area contributed by atoms with Gasteiger partial charge in [-0.05, 0) is 49.2 Å². The predicted molar refractivity (Wildman–Crippen MR) is 107 cm³/mol. The third-order valence-electron chi connectivity index (χ3n) is 3.73. The highest BCUT2D eigenvalue weighted by molar-refractivity contribution is 6.03. The molecule has 8 nitrogen and oxygen atoms in total. The Hall–Kier alpha value is -3.94. The molecule has 28 heavy (non-hydrogen) atoms. The topological polar surface area (TPSA) is 109 Å². The van der Waals surface area contributed by atoms with Gasteiger partial charge in [0.1, 0.15) is 5.76 Å². The zero-order chi connectivity index (χ0) is 19.9. The van der Waals surface area contributed by atoms with Crippen LogP contribution in [-0.4, -0.2) is 22.1 Å². The molecule has 3 N–H and O–H groups in total. The maximum Gasteiger partial charge on any atom is 0.324 e. The van der Waals surface area contributed by atoms with Gasteiger partial charge in [-0.15, -0.1) is 0 Å². The minimum Gasteiger partial charge on any atom is -0.360 e. The molecule has 1 aromatic carbocycles. The van der Waals surface area contributed by atoms with Crippen LogP contribution in [0.1, 0.15) is 16.9 Å². The molecule has 0 saturated heterocycles. The number of hydrogen-bond donors (Lipinski definition) is 3. The predicted octanol–water partition coefficient (Wildman–Crippen LogP) is 3.98. The van der Waals surface area contributed by atoms with Crippen LogP contribution >= 0.6 is 0 Å². The molecule has 0 radical (unpaired) electrons. The Morgan fingerprint density at radius 1 is 1.07 bits per heavy atom. The smallest absolute Gasteiger partial charge is 0.324 e. The number of benzene rings is 1. The number of carbonyl (C=O) groups excluding carboxylic acids is 2. The van der Waals surface area contributed by atoms with Crippen LogP contribution in [0.15, 0.2) is 59.4 Å². The van der Waals surface area contributed by atoms with Gasteiger partial charge in [0.25, 0.3) is 0 Å². The van der Waals surface area contributed by atoms with E-state index in [4.69, 9.17) is 4.52 Å². The van der Waals surface area contributed by atoms with E-state index in [0.29, 0.717) is 23.0 Å². The number of rotatable bonds is 5. The van der Waals surface area contributed by atoms with Gasteiger partial charge in [-0.25, -0.2) is 4.79 Å². The second-order valence-corrected chi connectivity index (χ2v) is 6.04. The van der Waals surface area contributed by atoms with Crippen molar-refractivity contribution in [2.24, 2.45) is 0 Å². The summed E-state index contributed by atoms with van der Waals surface area (Å²) in [6, 6.07) is 10.0. The molecule has 0 spiro atoms. The first-order chi connectivity index (χ1) is 13.5. The highest BCUT2D eigenvalue weighted by atomic mass is 16.5. The van der Waals surface area contributed by atoms with Gasteiger partial charge in [0.15, 0.2) is 5.82 Å². The van der Waals surface area contributed by atoms with Crippen LogP contribution in [0.4, 0.5) is 22.0 Å². The number of amides is 3. The molecule has 2 heterocycles. The van der Waals surface area contributed by atoms with E-state index in [2.05, 4.69) is 26.1 Å². The molecule has 0 aliphatic heterocycles. The van der Waals surface area contributed by atoms with Crippen LogP contribution in [0.2, 0.25) is 0 Å². The molecular weight excluding hydrogens is 358 g/mol. The highest BCUT2D eigenvalue weighted by Crippen LogP contribution is 2.21. The van der Waals surface area contributed by atoms with Gasteiger partial charge in [-0.3, -0.25) is 15.1 Å². The lowest BCUT2D eigenvalue weighted by Gasteiger charge is -2.10. The van der Waals surface area contributed by atoms with Gasteiger partial charge >= 0.3 is 6.03 Å². The van der Waals surface area contributed by atoms with E-state index in [1.807, 2.05) is 13.0 Å². The van der Waals surface area contributed by atoms with Crippen molar-refractivity contribution in [1.82, 2.24) is 10.1 Å². The van der Waals surface area contributed by atoms with Gasteiger partial charge < -0.3 is 15.2 Å². The summed E-state index contributed by atoms with van der Waals surface area (Å²) in [5.74, 6) is 0.623. The monoisotopic (exact) mass is 377 g/mol. The standard InChI is InChI=1S/C20H19N5O3/c1-13-5-7-16(22-20(27)24-18-10-14(2)28-25-18)11-17(13)23-19(26)8-6-15-4-3-9-21-12-15/h3-12H,1-2H3,(H,23,26)(H2,22,24,25,27)/b8-6+. The quantitative estimate of drug-likeness (QED) is 0.583. The fourth-order valence-corrected chi connectivity index (χ4v) is 2.36. The zero-order valence-corrected chi connectivity index (χ0v) is 15.4. The van der Waals surface area contributed by atoms with E-state index in [-0.39, 0.29) is 5.91 Å². The normalized spacial score (nSPS) is 10.6. The van der Waals surface area contributed by atoms with Gasteiger partial charge in [0.05, 0.1) is 0 Å². The summed E-state index contributed by atoms with van der Waals surface area (Å²) in [4.78, 5) is 28.2. The first kappa shape index (κ1) is 18.8. The second kappa shape index (κ2) is 8.63. The fraction of sp³-hybridized carbons (Fsp3) is 0.100. The number of nitrogens with one attached hydrogen (secondary N) is 3. The van der Waals surface area contributed by atoms with Crippen molar-refractivity contribution in [1.29, 1.82) is 0 Å². The van der Waals surface area contributed by atoms with Crippen LogP contribution in [-0.2, 0) is 4.79 Å². The van der Waals surface area contributed by atoms with Gasteiger partial charge in [0, 0.05) is 35.9 Å². The lowest BCUT2D eigenvalue weighted by molar-refractivity contribution is -0.111. The van der Waals surface area contributed by atoms with Crippen LogP contribution in [0.3, 0.4) is 0 Å². The summed E-state index contributed by atoms with van der Waals surface area (Å²) in [5, 5.41) is 11.8. The van der Waals surface area contributed by atoms with Crippen molar-refractivity contribution in [2.45, 2.75) is 13.8 Å². The maximum absolute atomic E-state index is 12.2. The van der Waals surface area contributed by atoms with E-state index in [9.17, 15) is 9.59 Å². The van der Waals surface area contributed by atoms with Crippen LogP contribution in [0.5, 0.6) is 0 Å². The largest absolute Gasteiger partial charge is 0.360 e. The third kappa shape index (κ3) is 5.28. The molecule has 3 rings (SSSR count). The molecule has 0 aliphatic carbocycles. The van der Waals surface area contributed by atoms with Gasteiger partial charge in [0.2, 0.25) is 5.91 Å². The summed E-state index contributed by atoms with van der Waals surface area (Å²) in [6.07, 6.45) is 6.43. The summed E-state index contributed by atoms with van der Waals surface area (Å²) in [7, 11) is 0. The minimum absolute atomic E-state index is 0.286. The van der Waals surface area contributed by atoms with E-state index in [0.717, 1.165) is 11.1 Å². The number of urea groups is 1.